The molecule has 0 radical (unpaired) electrons. The maximum Gasteiger partial charge on any atom is 0.251 e. The molecule has 0 spiro atoms. The summed E-state index contributed by atoms with van der Waals surface area (Å²) in [5, 5.41) is 0. The first-order valence-corrected chi connectivity index (χ1v) is 9.98. The van der Waals surface area contributed by atoms with E-state index in [1.54, 1.807) is 32.4 Å². The Balaban J connectivity index is 1.60. The molecule has 2 aliphatic heterocycles. The summed E-state index contributed by atoms with van der Waals surface area (Å²) in [4.78, 5) is 29.7. The molecule has 2 heterocycles. The predicted molar refractivity (Wildman–Crippen MR) is 102 cm³/mol. The fourth-order valence-electron chi connectivity index (χ4n) is 5.12. The van der Waals surface area contributed by atoms with Crippen molar-refractivity contribution in [3.05, 3.63) is 18.2 Å². The van der Waals surface area contributed by atoms with Crippen molar-refractivity contribution in [3.63, 3.8) is 0 Å². The number of carbonyl (C=O) groups is 2. The van der Waals surface area contributed by atoms with E-state index in [4.69, 9.17) is 9.47 Å². The van der Waals surface area contributed by atoms with Crippen molar-refractivity contribution in [3.8, 4) is 11.5 Å². The molecule has 27 heavy (non-hydrogen) atoms. The predicted octanol–water partition coefficient (Wildman–Crippen LogP) is 2.99. The lowest BCUT2D eigenvalue weighted by Gasteiger charge is -2.46. The summed E-state index contributed by atoms with van der Waals surface area (Å²) in [7, 11) is 3.12. The largest absolute Gasteiger partial charge is 0.497 e. The number of ether oxygens (including phenoxy) is 2. The van der Waals surface area contributed by atoms with E-state index in [1.807, 2.05) is 0 Å². The number of likely N-dealkylation sites (tertiary alicyclic amines) is 1. The average Bonchev–Trinajstić information content (AvgIpc) is 3.00. The number of rotatable bonds is 4. The van der Waals surface area contributed by atoms with Crippen LogP contribution >= 0.6 is 0 Å². The van der Waals surface area contributed by atoms with E-state index < -0.39 is 0 Å². The lowest BCUT2D eigenvalue weighted by molar-refractivity contribution is -0.124. The lowest BCUT2D eigenvalue weighted by Crippen LogP contribution is -2.54. The first-order chi connectivity index (χ1) is 13.1. The Hall–Kier alpha value is -2.08. The normalized spacial score (nSPS) is 29.0. The van der Waals surface area contributed by atoms with Gasteiger partial charge in [-0.1, -0.05) is 12.8 Å². The Morgan fingerprint density at radius 3 is 2.30 bits per heavy atom. The van der Waals surface area contributed by atoms with Gasteiger partial charge in [-0.05, 0) is 38.1 Å². The van der Waals surface area contributed by atoms with Crippen molar-refractivity contribution in [2.45, 2.75) is 57.0 Å². The van der Waals surface area contributed by atoms with E-state index in [2.05, 4.69) is 4.90 Å². The molecule has 0 N–H and O–H groups in total. The van der Waals surface area contributed by atoms with Crippen molar-refractivity contribution >= 4 is 17.5 Å². The summed E-state index contributed by atoms with van der Waals surface area (Å²) in [6, 6.07) is 5.30. The topological polar surface area (TPSA) is 59.1 Å². The summed E-state index contributed by atoms with van der Waals surface area (Å²) >= 11 is 0. The number of imide groups is 1. The Morgan fingerprint density at radius 2 is 1.59 bits per heavy atom. The quantitative estimate of drug-likeness (QED) is 0.761. The molecule has 0 bridgehead atoms. The molecule has 0 unspecified atom stereocenters. The van der Waals surface area contributed by atoms with Gasteiger partial charge in [-0.15, -0.1) is 0 Å². The van der Waals surface area contributed by atoms with Crippen molar-refractivity contribution in [1.29, 1.82) is 0 Å². The molecule has 1 saturated carbocycles. The van der Waals surface area contributed by atoms with Gasteiger partial charge in [-0.25, -0.2) is 4.90 Å². The Kier molecular flexibility index (Phi) is 5.08. The van der Waals surface area contributed by atoms with Crippen molar-refractivity contribution in [1.82, 2.24) is 4.90 Å². The molecule has 3 fully saturated rings. The number of hydrogen-bond donors (Lipinski definition) is 0. The van der Waals surface area contributed by atoms with Crippen molar-refractivity contribution in [2.24, 2.45) is 5.92 Å². The molecule has 1 aromatic rings. The fraction of sp³-hybridized carbons (Fsp3) is 0.619. The summed E-state index contributed by atoms with van der Waals surface area (Å²) in [5.41, 5.74) is 0.529. The van der Waals surface area contributed by atoms with Crippen LogP contribution in [0.15, 0.2) is 18.2 Å². The second-order valence-corrected chi connectivity index (χ2v) is 7.85. The molecule has 2 amide bonds. The van der Waals surface area contributed by atoms with Crippen LogP contribution in [0, 0.1) is 5.92 Å². The van der Waals surface area contributed by atoms with Gasteiger partial charge >= 0.3 is 0 Å². The van der Waals surface area contributed by atoms with Gasteiger partial charge < -0.3 is 9.47 Å². The summed E-state index contributed by atoms with van der Waals surface area (Å²) in [6.45, 7) is 0.917. The summed E-state index contributed by atoms with van der Waals surface area (Å²) < 4.78 is 10.6. The summed E-state index contributed by atoms with van der Waals surface area (Å²) in [5.74, 6) is 1.57. The highest BCUT2D eigenvalue weighted by Crippen LogP contribution is 2.39. The van der Waals surface area contributed by atoms with Crippen LogP contribution in [0.2, 0.25) is 0 Å². The third-order valence-corrected chi connectivity index (χ3v) is 6.40. The minimum absolute atomic E-state index is 0.110. The van der Waals surface area contributed by atoms with Gasteiger partial charge in [0.15, 0.2) is 0 Å². The monoisotopic (exact) mass is 372 g/mol. The highest BCUT2D eigenvalue weighted by atomic mass is 16.5. The number of hydrogen-bond acceptors (Lipinski definition) is 5. The summed E-state index contributed by atoms with van der Waals surface area (Å²) in [6.07, 6.45) is 7.56. The van der Waals surface area contributed by atoms with E-state index in [1.165, 1.54) is 30.6 Å². The standard InChI is InChI=1S/C21H28N2O4/c1-26-16-10-15(11-17(12-16)27-2)23-20(24)13-19(21(23)25)22-9-5-7-14-6-3-4-8-18(14)22/h10-12,14,18-19H,3-9,13H2,1-2H3/t14-,18-,19+/m1/s1. The van der Waals surface area contributed by atoms with Gasteiger partial charge in [0, 0.05) is 24.2 Å². The van der Waals surface area contributed by atoms with Crippen LogP contribution in [-0.2, 0) is 9.59 Å². The fourth-order valence-corrected chi connectivity index (χ4v) is 5.12. The van der Waals surface area contributed by atoms with Crippen LogP contribution in [0.5, 0.6) is 11.5 Å². The average molecular weight is 372 g/mol. The SMILES string of the molecule is COc1cc(OC)cc(N2C(=O)C[C@H](N3CCC[C@H]4CCCC[C@H]43)C2=O)c1. The van der Waals surface area contributed by atoms with Crippen LogP contribution in [-0.4, -0.2) is 49.6 Å². The van der Waals surface area contributed by atoms with Gasteiger partial charge in [0.2, 0.25) is 5.91 Å². The molecular weight excluding hydrogens is 344 g/mol. The van der Waals surface area contributed by atoms with Gasteiger partial charge in [0.25, 0.3) is 5.91 Å². The van der Waals surface area contributed by atoms with Crippen LogP contribution in [0.1, 0.15) is 44.9 Å². The van der Waals surface area contributed by atoms with Gasteiger partial charge in [-0.2, -0.15) is 0 Å². The third kappa shape index (κ3) is 3.31. The Bertz CT molecular complexity index is 711. The van der Waals surface area contributed by atoms with Crippen molar-refractivity contribution in [2.75, 3.05) is 25.7 Å². The number of anilines is 1. The Labute approximate surface area is 160 Å². The molecule has 0 aromatic heterocycles. The molecule has 1 aliphatic carbocycles. The second kappa shape index (κ2) is 7.50. The minimum Gasteiger partial charge on any atom is -0.497 e. The molecule has 2 saturated heterocycles. The maximum atomic E-state index is 13.3. The molecule has 3 atom stereocenters. The van der Waals surface area contributed by atoms with E-state index in [0.29, 0.717) is 29.1 Å². The van der Waals surface area contributed by atoms with Crippen LogP contribution in [0.25, 0.3) is 0 Å². The first kappa shape index (κ1) is 18.3. The second-order valence-electron chi connectivity index (χ2n) is 7.85. The zero-order valence-electron chi connectivity index (χ0n) is 16.1. The number of fused-ring (bicyclic) bond motifs is 1. The number of benzene rings is 1. The minimum atomic E-state index is -0.333. The van der Waals surface area contributed by atoms with Gasteiger partial charge in [0.05, 0.1) is 32.4 Å². The zero-order valence-corrected chi connectivity index (χ0v) is 16.1. The maximum absolute atomic E-state index is 13.3. The highest BCUT2D eigenvalue weighted by Gasteiger charge is 2.47. The third-order valence-electron chi connectivity index (χ3n) is 6.40. The van der Waals surface area contributed by atoms with E-state index in [9.17, 15) is 9.59 Å². The molecule has 6 nitrogen and oxygen atoms in total. The van der Waals surface area contributed by atoms with Gasteiger partial charge in [-0.3, -0.25) is 14.5 Å². The smallest absolute Gasteiger partial charge is 0.251 e. The van der Waals surface area contributed by atoms with Crippen LogP contribution in [0.3, 0.4) is 0 Å². The first-order valence-electron chi connectivity index (χ1n) is 9.98. The molecular formula is C21H28N2O4. The van der Waals surface area contributed by atoms with Crippen LogP contribution in [0.4, 0.5) is 5.69 Å². The van der Waals surface area contributed by atoms with E-state index in [-0.39, 0.29) is 24.3 Å². The highest BCUT2D eigenvalue weighted by molar-refractivity contribution is 6.22. The van der Waals surface area contributed by atoms with E-state index >= 15 is 0 Å². The molecule has 6 heteroatoms. The Morgan fingerprint density at radius 1 is 0.926 bits per heavy atom. The number of piperidine rings is 1. The van der Waals surface area contributed by atoms with Crippen molar-refractivity contribution < 1.29 is 19.1 Å². The molecule has 1 aromatic carbocycles. The zero-order chi connectivity index (χ0) is 19.0. The number of carbonyl (C=O) groups excluding carboxylic acids is 2. The lowest BCUT2D eigenvalue weighted by atomic mass is 9.77. The van der Waals surface area contributed by atoms with Gasteiger partial charge in [0.1, 0.15) is 11.5 Å². The number of amides is 2. The van der Waals surface area contributed by atoms with E-state index in [0.717, 1.165) is 19.4 Å². The molecule has 4 rings (SSSR count). The number of nitrogens with zero attached hydrogens (tertiary/aromatic N) is 2. The molecule has 146 valence electrons. The molecule has 3 aliphatic rings. The van der Waals surface area contributed by atoms with Crippen LogP contribution < -0.4 is 14.4 Å². The number of methoxy groups -OCH3 is 2.